The van der Waals surface area contributed by atoms with E-state index in [4.69, 9.17) is 6.42 Å². The number of rotatable bonds is 8. The van der Waals surface area contributed by atoms with Crippen molar-refractivity contribution in [1.82, 2.24) is 10.6 Å². The molecule has 0 heterocycles. The molecule has 16 heavy (non-hydrogen) atoms. The monoisotopic (exact) mass is 224 g/mol. The van der Waals surface area contributed by atoms with Crippen molar-refractivity contribution in [3.8, 4) is 12.3 Å². The van der Waals surface area contributed by atoms with Gasteiger partial charge in [0.15, 0.2) is 0 Å². The summed E-state index contributed by atoms with van der Waals surface area (Å²) in [5.41, 5.74) is 0. The van der Waals surface area contributed by atoms with Crippen LogP contribution in [0.1, 0.15) is 46.5 Å². The van der Waals surface area contributed by atoms with E-state index in [1.165, 1.54) is 0 Å². The van der Waals surface area contributed by atoms with Gasteiger partial charge >= 0.3 is 0 Å². The van der Waals surface area contributed by atoms with Crippen molar-refractivity contribution >= 4 is 5.91 Å². The molecule has 3 heteroatoms. The molecule has 0 aromatic heterocycles. The Morgan fingerprint density at radius 2 is 1.94 bits per heavy atom. The minimum absolute atomic E-state index is 0.0113. The lowest BCUT2D eigenvalue weighted by Gasteiger charge is -2.15. The SMILES string of the molecule is C#CC(CCC)NCC(=O)NC(C)CCC. The maximum absolute atomic E-state index is 11.5. The Morgan fingerprint density at radius 1 is 1.31 bits per heavy atom. The maximum Gasteiger partial charge on any atom is 0.234 e. The summed E-state index contributed by atoms with van der Waals surface area (Å²) in [7, 11) is 0. The van der Waals surface area contributed by atoms with Gasteiger partial charge < -0.3 is 5.32 Å². The Labute approximate surface area is 99.4 Å². The highest BCUT2D eigenvalue weighted by Crippen LogP contribution is 1.95. The van der Waals surface area contributed by atoms with Gasteiger partial charge in [0.2, 0.25) is 5.91 Å². The first kappa shape index (κ1) is 15.0. The molecule has 0 aliphatic rings. The van der Waals surface area contributed by atoms with Crippen molar-refractivity contribution in [2.45, 2.75) is 58.5 Å². The first-order valence-electron chi connectivity index (χ1n) is 6.12. The van der Waals surface area contributed by atoms with E-state index in [1.54, 1.807) is 0 Å². The number of carbonyl (C=O) groups is 1. The molecule has 0 bridgehead atoms. The van der Waals surface area contributed by atoms with E-state index in [2.05, 4.69) is 30.4 Å². The van der Waals surface area contributed by atoms with E-state index < -0.39 is 0 Å². The summed E-state index contributed by atoms with van der Waals surface area (Å²) in [6.45, 7) is 6.51. The lowest BCUT2D eigenvalue weighted by Crippen LogP contribution is -2.41. The molecule has 3 nitrogen and oxygen atoms in total. The normalized spacial score (nSPS) is 13.9. The van der Waals surface area contributed by atoms with Crippen molar-refractivity contribution in [1.29, 1.82) is 0 Å². The Morgan fingerprint density at radius 3 is 2.44 bits per heavy atom. The van der Waals surface area contributed by atoms with Crippen LogP contribution in [-0.2, 0) is 4.79 Å². The number of terminal acetylenes is 1. The number of nitrogens with one attached hydrogen (secondary N) is 2. The van der Waals surface area contributed by atoms with Crippen LogP contribution >= 0.6 is 0 Å². The first-order valence-corrected chi connectivity index (χ1v) is 6.12. The standard InChI is InChI=1S/C13H24N2O/c1-5-8-11(4)15-13(16)10-14-12(7-3)9-6-2/h3,11-12,14H,5-6,8-10H2,1-2,4H3,(H,15,16). The van der Waals surface area contributed by atoms with E-state index in [-0.39, 0.29) is 18.0 Å². The van der Waals surface area contributed by atoms with Crippen LogP contribution in [0.3, 0.4) is 0 Å². The fourth-order valence-corrected chi connectivity index (χ4v) is 1.58. The number of amides is 1. The van der Waals surface area contributed by atoms with Gasteiger partial charge in [-0.2, -0.15) is 0 Å². The highest BCUT2D eigenvalue weighted by molar-refractivity contribution is 5.78. The molecule has 0 aromatic rings. The van der Waals surface area contributed by atoms with E-state index in [9.17, 15) is 4.79 Å². The second kappa shape index (κ2) is 9.23. The van der Waals surface area contributed by atoms with E-state index in [0.717, 1.165) is 25.7 Å². The smallest absolute Gasteiger partial charge is 0.234 e. The topological polar surface area (TPSA) is 41.1 Å². The zero-order valence-corrected chi connectivity index (χ0v) is 10.7. The number of carbonyl (C=O) groups excluding carboxylic acids is 1. The summed E-state index contributed by atoms with van der Waals surface area (Å²) in [6.07, 6.45) is 9.38. The van der Waals surface area contributed by atoms with Gasteiger partial charge in [-0.05, 0) is 19.8 Å². The Bertz CT molecular complexity index is 233. The molecule has 92 valence electrons. The maximum atomic E-state index is 11.5. The van der Waals surface area contributed by atoms with Crippen LogP contribution < -0.4 is 10.6 Å². The van der Waals surface area contributed by atoms with Crippen molar-refractivity contribution in [3.05, 3.63) is 0 Å². The molecule has 0 aliphatic carbocycles. The molecule has 0 saturated heterocycles. The van der Waals surface area contributed by atoms with Crippen molar-refractivity contribution in [2.24, 2.45) is 0 Å². The van der Waals surface area contributed by atoms with E-state index in [0.29, 0.717) is 6.54 Å². The van der Waals surface area contributed by atoms with Crippen LogP contribution in [0.25, 0.3) is 0 Å². The lowest BCUT2D eigenvalue weighted by molar-refractivity contribution is -0.120. The molecule has 0 fully saturated rings. The number of hydrogen-bond donors (Lipinski definition) is 2. The molecule has 0 aliphatic heterocycles. The Kier molecular flexibility index (Phi) is 8.65. The molecular weight excluding hydrogens is 200 g/mol. The van der Waals surface area contributed by atoms with Gasteiger partial charge in [-0.3, -0.25) is 10.1 Å². The quantitative estimate of drug-likeness (QED) is 0.616. The minimum Gasteiger partial charge on any atom is -0.353 e. The van der Waals surface area contributed by atoms with Gasteiger partial charge in [0.25, 0.3) is 0 Å². The molecule has 2 atom stereocenters. The molecule has 2 unspecified atom stereocenters. The molecule has 0 spiro atoms. The predicted octanol–water partition coefficient (Wildman–Crippen LogP) is 1.68. The van der Waals surface area contributed by atoms with Crippen LogP contribution in [0.2, 0.25) is 0 Å². The molecule has 0 rings (SSSR count). The summed E-state index contributed by atoms with van der Waals surface area (Å²) in [5.74, 6) is 2.67. The van der Waals surface area contributed by atoms with Crippen LogP contribution in [0.15, 0.2) is 0 Å². The fraction of sp³-hybridized carbons (Fsp3) is 0.769. The Balaban J connectivity index is 3.75. The largest absolute Gasteiger partial charge is 0.353 e. The summed E-state index contributed by atoms with van der Waals surface area (Å²) in [4.78, 5) is 11.5. The molecule has 2 N–H and O–H groups in total. The molecule has 0 aromatic carbocycles. The second-order valence-electron chi connectivity index (χ2n) is 4.15. The van der Waals surface area contributed by atoms with Crippen LogP contribution in [-0.4, -0.2) is 24.5 Å². The lowest BCUT2D eigenvalue weighted by atomic mass is 10.2. The molecular formula is C13H24N2O. The van der Waals surface area contributed by atoms with Gasteiger partial charge in [-0.1, -0.05) is 32.6 Å². The minimum atomic E-state index is 0.0113. The van der Waals surface area contributed by atoms with Gasteiger partial charge in [0, 0.05) is 6.04 Å². The number of hydrogen-bond acceptors (Lipinski definition) is 2. The van der Waals surface area contributed by atoms with Crippen molar-refractivity contribution in [2.75, 3.05) is 6.54 Å². The van der Waals surface area contributed by atoms with Gasteiger partial charge in [-0.25, -0.2) is 0 Å². The summed E-state index contributed by atoms with van der Waals surface area (Å²) >= 11 is 0. The average Bonchev–Trinajstić information content (AvgIpc) is 2.24. The van der Waals surface area contributed by atoms with Crippen molar-refractivity contribution < 1.29 is 4.79 Å². The summed E-state index contributed by atoms with van der Waals surface area (Å²) < 4.78 is 0. The van der Waals surface area contributed by atoms with Crippen LogP contribution in [0.4, 0.5) is 0 Å². The van der Waals surface area contributed by atoms with E-state index >= 15 is 0 Å². The third kappa shape index (κ3) is 7.30. The summed E-state index contributed by atoms with van der Waals surface area (Å²) in [6, 6.07) is 0.256. The highest BCUT2D eigenvalue weighted by Gasteiger charge is 2.08. The third-order valence-corrected chi connectivity index (χ3v) is 2.42. The zero-order valence-electron chi connectivity index (χ0n) is 10.7. The molecule has 0 saturated carbocycles. The summed E-state index contributed by atoms with van der Waals surface area (Å²) in [5, 5.41) is 6.00. The predicted molar refractivity (Wildman–Crippen MR) is 68.0 cm³/mol. The molecule has 0 radical (unpaired) electrons. The Hall–Kier alpha value is -1.01. The van der Waals surface area contributed by atoms with Gasteiger partial charge in [-0.15, -0.1) is 6.42 Å². The van der Waals surface area contributed by atoms with Crippen LogP contribution in [0.5, 0.6) is 0 Å². The van der Waals surface area contributed by atoms with Gasteiger partial charge in [0.1, 0.15) is 0 Å². The zero-order chi connectivity index (χ0) is 12.4. The van der Waals surface area contributed by atoms with E-state index in [1.807, 2.05) is 6.92 Å². The third-order valence-electron chi connectivity index (χ3n) is 2.42. The average molecular weight is 224 g/mol. The fourth-order valence-electron chi connectivity index (χ4n) is 1.58. The second-order valence-corrected chi connectivity index (χ2v) is 4.15. The first-order chi connectivity index (χ1) is 7.63. The highest BCUT2D eigenvalue weighted by atomic mass is 16.1. The molecule has 1 amide bonds. The van der Waals surface area contributed by atoms with Crippen LogP contribution in [0, 0.1) is 12.3 Å². The van der Waals surface area contributed by atoms with Gasteiger partial charge in [0.05, 0.1) is 12.6 Å². The van der Waals surface area contributed by atoms with Crippen molar-refractivity contribution in [3.63, 3.8) is 0 Å².